The zero-order valence-corrected chi connectivity index (χ0v) is 46.0. The van der Waals surface area contributed by atoms with Crippen molar-refractivity contribution >= 4 is 17.9 Å². The fourth-order valence-electron chi connectivity index (χ4n) is 9.40. The average Bonchev–Trinajstić information content (AvgIpc) is 3.30. The molecule has 0 aromatic rings. The molecule has 1 atom stereocenters. The van der Waals surface area contributed by atoms with Gasteiger partial charge in [0.2, 0.25) is 0 Å². The van der Waals surface area contributed by atoms with E-state index in [9.17, 15) is 14.4 Å². The molecule has 398 valence electrons. The van der Waals surface area contributed by atoms with Gasteiger partial charge in [-0.05, 0) is 31.1 Å². The van der Waals surface area contributed by atoms with E-state index in [1.54, 1.807) is 0 Å². The lowest BCUT2D eigenvalue weighted by Gasteiger charge is -2.18. The van der Waals surface area contributed by atoms with Gasteiger partial charge in [0.25, 0.3) is 0 Å². The molecule has 0 aliphatic heterocycles. The van der Waals surface area contributed by atoms with Crippen molar-refractivity contribution < 1.29 is 28.6 Å². The van der Waals surface area contributed by atoms with Crippen molar-refractivity contribution in [3.8, 4) is 0 Å². The zero-order valence-electron chi connectivity index (χ0n) is 46.0. The van der Waals surface area contributed by atoms with Crippen LogP contribution in [0.5, 0.6) is 0 Å². The minimum absolute atomic E-state index is 0.0622. The predicted octanol–water partition coefficient (Wildman–Crippen LogP) is 20.0. The molecular weight excluding hydrogens is 829 g/mol. The van der Waals surface area contributed by atoms with Crippen LogP contribution in [0.15, 0.2) is 0 Å². The van der Waals surface area contributed by atoms with Gasteiger partial charge in [-0.15, -0.1) is 0 Å². The molecule has 0 bridgehead atoms. The van der Waals surface area contributed by atoms with E-state index < -0.39 is 6.10 Å². The van der Waals surface area contributed by atoms with Crippen LogP contribution in [0.1, 0.15) is 343 Å². The number of esters is 3. The molecule has 0 aliphatic carbocycles. The van der Waals surface area contributed by atoms with E-state index in [1.165, 1.54) is 231 Å². The maximum Gasteiger partial charge on any atom is 0.306 e. The molecule has 0 N–H and O–H groups in total. The number of unbranched alkanes of at least 4 members (excludes halogenated alkanes) is 40. The second-order valence-corrected chi connectivity index (χ2v) is 21.9. The first kappa shape index (κ1) is 65.4. The highest BCUT2D eigenvalue weighted by Gasteiger charge is 2.19. The fourth-order valence-corrected chi connectivity index (χ4v) is 9.40. The van der Waals surface area contributed by atoms with Crippen LogP contribution in [0.25, 0.3) is 0 Å². The van der Waals surface area contributed by atoms with Gasteiger partial charge in [-0.2, -0.15) is 0 Å². The van der Waals surface area contributed by atoms with Gasteiger partial charge < -0.3 is 14.2 Å². The minimum Gasteiger partial charge on any atom is -0.462 e. The Morgan fingerprint density at radius 1 is 0.284 bits per heavy atom. The van der Waals surface area contributed by atoms with E-state index in [1.807, 2.05) is 0 Å². The van der Waals surface area contributed by atoms with Crippen LogP contribution in [0.4, 0.5) is 0 Å². The topological polar surface area (TPSA) is 78.9 Å². The summed E-state index contributed by atoms with van der Waals surface area (Å²) in [6.07, 6.45) is 58.1. The smallest absolute Gasteiger partial charge is 0.306 e. The Balaban J connectivity index is 4.27. The van der Waals surface area contributed by atoms with Gasteiger partial charge in [-0.1, -0.05) is 304 Å². The van der Waals surface area contributed by atoms with Crippen molar-refractivity contribution in [1.29, 1.82) is 0 Å². The van der Waals surface area contributed by atoms with Crippen LogP contribution in [0.2, 0.25) is 0 Å². The molecule has 0 saturated heterocycles. The third kappa shape index (κ3) is 55.2. The summed E-state index contributed by atoms with van der Waals surface area (Å²) in [6, 6.07) is 0. The van der Waals surface area contributed by atoms with Crippen molar-refractivity contribution in [2.75, 3.05) is 13.2 Å². The van der Waals surface area contributed by atoms with Gasteiger partial charge in [-0.25, -0.2) is 0 Å². The van der Waals surface area contributed by atoms with Crippen LogP contribution in [0, 0.1) is 11.8 Å². The molecule has 0 saturated carbocycles. The van der Waals surface area contributed by atoms with E-state index in [2.05, 4.69) is 34.6 Å². The van der Waals surface area contributed by atoms with Crippen LogP contribution in [0.3, 0.4) is 0 Å². The van der Waals surface area contributed by atoms with E-state index in [0.717, 1.165) is 69.6 Å². The highest BCUT2D eigenvalue weighted by molar-refractivity contribution is 5.71. The third-order valence-corrected chi connectivity index (χ3v) is 14.0. The van der Waals surface area contributed by atoms with Crippen LogP contribution < -0.4 is 0 Å². The summed E-state index contributed by atoms with van der Waals surface area (Å²) in [5.74, 6) is 0.858. The van der Waals surface area contributed by atoms with Crippen molar-refractivity contribution in [1.82, 2.24) is 0 Å². The molecule has 0 aromatic heterocycles. The molecule has 0 radical (unpaired) electrons. The van der Waals surface area contributed by atoms with Gasteiger partial charge in [0.15, 0.2) is 6.10 Å². The van der Waals surface area contributed by atoms with Crippen LogP contribution in [-0.2, 0) is 28.6 Å². The lowest BCUT2D eigenvalue weighted by molar-refractivity contribution is -0.167. The Labute approximate surface area is 418 Å². The summed E-state index contributed by atoms with van der Waals surface area (Å²) in [6.45, 7) is 11.4. The number of ether oxygens (including phenoxy) is 3. The minimum atomic E-state index is -0.763. The number of hydrogen-bond donors (Lipinski definition) is 0. The van der Waals surface area contributed by atoms with E-state index in [0.29, 0.717) is 19.3 Å². The Hall–Kier alpha value is -1.59. The first-order chi connectivity index (χ1) is 32.7. The summed E-state index contributed by atoms with van der Waals surface area (Å²) in [5.41, 5.74) is 0. The van der Waals surface area contributed by atoms with Crippen molar-refractivity contribution in [3.63, 3.8) is 0 Å². The summed E-state index contributed by atoms with van der Waals surface area (Å²) in [5, 5.41) is 0. The SMILES string of the molecule is CCCCCCCCCCCCCCCCC(=O)O[C@@H](COC(=O)CCCCCCCCCCCCCCCCCCC(C)C)COC(=O)CCCCCCCCCCCCCCCC(C)C. The predicted molar refractivity (Wildman–Crippen MR) is 289 cm³/mol. The summed E-state index contributed by atoms with van der Waals surface area (Å²) in [7, 11) is 0. The maximum atomic E-state index is 12.9. The molecule has 0 fully saturated rings. The highest BCUT2D eigenvalue weighted by Crippen LogP contribution is 2.18. The van der Waals surface area contributed by atoms with Crippen molar-refractivity contribution in [2.24, 2.45) is 11.8 Å². The van der Waals surface area contributed by atoms with Crippen LogP contribution >= 0.6 is 0 Å². The Morgan fingerprint density at radius 3 is 0.731 bits per heavy atom. The van der Waals surface area contributed by atoms with Gasteiger partial charge in [0.05, 0.1) is 0 Å². The number of carbonyl (C=O) groups excluding carboxylic acids is 3. The number of carbonyl (C=O) groups is 3. The molecule has 0 aromatic carbocycles. The zero-order chi connectivity index (χ0) is 48.9. The average molecular weight is 948 g/mol. The summed E-state index contributed by atoms with van der Waals surface area (Å²) < 4.78 is 16.9. The Kier molecular flexibility index (Phi) is 52.5. The monoisotopic (exact) mass is 947 g/mol. The molecule has 0 unspecified atom stereocenters. The molecule has 0 rings (SSSR count). The lowest BCUT2D eigenvalue weighted by Crippen LogP contribution is -2.30. The standard InChI is InChI=1S/C61H118O6/c1-6-7-8-9-10-11-12-13-21-28-33-38-43-48-53-61(64)67-58(55-66-60(63)52-47-42-37-32-27-23-18-20-25-30-35-40-45-50-57(4)5)54-65-59(62)51-46-41-36-31-26-22-17-15-14-16-19-24-29-34-39-44-49-56(2)3/h56-58H,6-55H2,1-5H3/t58-/m0/s1. The largest absolute Gasteiger partial charge is 0.462 e. The van der Waals surface area contributed by atoms with Gasteiger partial charge in [0.1, 0.15) is 13.2 Å². The molecule has 0 amide bonds. The maximum absolute atomic E-state index is 12.9. The quantitative estimate of drug-likeness (QED) is 0.0343. The molecule has 67 heavy (non-hydrogen) atoms. The molecular formula is C61H118O6. The summed E-state index contributed by atoms with van der Waals surface area (Å²) in [4.78, 5) is 38.2. The van der Waals surface area contributed by atoms with Gasteiger partial charge >= 0.3 is 17.9 Å². The Bertz CT molecular complexity index is 1020. The van der Waals surface area contributed by atoms with E-state index in [-0.39, 0.29) is 31.1 Å². The van der Waals surface area contributed by atoms with Crippen molar-refractivity contribution in [2.45, 2.75) is 349 Å². The molecule has 0 heterocycles. The molecule has 6 heteroatoms. The van der Waals surface area contributed by atoms with E-state index in [4.69, 9.17) is 14.2 Å². The third-order valence-electron chi connectivity index (χ3n) is 14.0. The highest BCUT2D eigenvalue weighted by atomic mass is 16.6. The van der Waals surface area contributed by atoms with Crippen LogP contribution in [-0.4, -0.2) is 37.2 Å². The number of hydrogen-bond acceptors (Lipinski definition) is 6. The normalized spacial score (nSPS) is 12.0. The first-order valence-corrected chi connectivity index (χ1v) is 30.2. The second kappa shape index (κ2) is 53.8. The molecule has 0 spiro atoms. The molecule has 0 aliphatic rings. The summed E-state index contributed by atoms with van der Waals surface area (Å²) >= 11 is 0. The van der Waals surface area contributed by atoms with Gasteiger partial charge in [0, 0.05) is 19.3 Å². The first-order valence-electron chi connectivity index (χ1n) is 30.2. The fraction of sp³-hybridized carbons (Fsp3) is 0.951. The van der Waals surface area contributed by atoms with E-state index >= 15 is 0 Å². The number of rotatable bonds is 55. The van der Waals surface area contributed by atoms with Gasteiger partial charge in [-0.3, -0.25) is 14.4 Å². The van der Waals surface area contributed by atoms with Crippen molar-refractivity contribution in [3.05, 3.63) is 0 Å². The lowest BCUT2D eigenvalue weighted by atomic mass is 10.0. The Morgan fingerprint density at radius 2 is 0.493 bits per heavy atom. The second-order valence-electron chi connectivity index (χ2n) is 21.9. The molecule has 6 nitrogen and oxygen atoms in total.